The zero-order chi connectivity index (χ0) is 17.1. The second kappa shape index (κ2) is 7.11. The molecule has 2 aliphatic rings. The number of hydrogen-bond acceptors (Lipinski definition) is 5. The molecule has 3 rings (SSSR count). The average Bonchev–Trinajstić information content (AvgIpc) is 2.59. The van der Waals surface area contributed by atoms with E-state index in [1.54, 1.807) is 18.2 Å². The van der Waals surface area contributed by atoms with E-state index < -0.39 is 17.9 Å². The van der Waals surface area contributed by atoms with Gasteiger partial charge in [-0.3, -0.25) is 4.79 Å². The normalized spacial score (nSPS) is 20.2. The zero-order valence-corrected chi connectivity index (χ0v) is 13.5. The van der Waals surface area contributed by atoms with E-state index in [1.807, 2.05) is 0 Å². The quantitative estimate of drug-likeness (QED) is 0.828. The molecule has 1 atom stereocenters. The highest BCUT2D eigenvalue weighted by Crippen LogP contribution is 2.38. The third-order valence-electron chi connectivity index (χ3n) is 3.73. The highest BCUT2D eigenvalue weighted by Gasteiger charge is 2.31. The lowest BCUT2D eigenvalue weighted by Crippen LogP contribution is -2.52. The minimum Gasteiger partial charge on any atom is -0.486 e. The number of carbonyl (C=O) groups is 2. The van der Waals surface area contributed by atoms with Crippen molar-refractivity contribution in [2.45, 2.75) is 6.04 Å². The molecule has 1 aromatic carbocycles. The number of hydrogen-bond donors (Lipinski definition) is 1. The summed E-state index contributed by atoms with van der Waals surface area (Å²) >= 11 is 6.15. The number of carbonyl (C=O) groups excluding carboxylic acids is 1. The lowest BCUT2D eigenvalue weighted by molar-refractivity contribution is -0.156. The van der Waals surface area contributed by atoms with Crippen molar-refractivity contribution >= 4 is 29.6 Å². The number of benzene rings is 1. The van der Waals surface area contributed by atoms with Crippen LogP contribution in [0.5, 0.6) is 11.5 Å². The number of carboxylic acid groups (broad SMARTS) is 1. The monoisotopic (exact) mass is 353 g/mol. The smallest absolute Gasteiger partial charge is 0.328 e. The first-order valence-electron chi connectivity index (χ1n) is 7.44. The van der Waals surface area contributed by atoms with Crippen LogP contribution in [0.15, 0.2) is 18.2 Å². The molecular formula is C16H16ClNO6. The highest BCUT2D eigenvalue weighted by atomic mass is 35.5. The van der Waals surface area contributed by atoms with Gasteiger partial charge in [0.05, 0.1) is 18.2 Å². The molecule has 0 aromatic heterocycles. The van der Waals surface area contributed by atoms with Gasteiger partial charge in [-0.25, -0.2) is 4.79 Å². The lowest BCUT2D eigenvalue weighted by atomic mass is 10.1. The molecule has 0 bridgehead atoms. The van der Waals surface area contributed by atoms with Crippen LogP contribution in [0, 0.1) is 0 Å². The molecular weight excluding hydrogens is 338 g/mol. The van der Waals surface area contributed by atoms with Crippen molar-refractivity contribution in [2.24, 2.45) is 0 Å². The Labute approximate surface area is 143 Å². The Morgan fingerprint density at radius 1 is 1.25 bits per heavy atom. The van der Waals surface area contributed by atoms with Gasteiger partial charge in [0, 0.05) is 12.6 Å². The molecule has 0 aliphatic carbocycles. The number of amides is 1. The van der Waals surface area contributed by atoms with E-state index in [1.165, 1.54) is 11.0 Å². The Balaban J connectivity index is 1.76. The lowest BCUT2D eigenvalue weighted by Gasteiger charge is -2.32. The maximum atomic E-state index is 12.3. The molecule has 0 spiro atoms. The van der Waals surface area contributed by atoms with Crippen LogP contribution >= 0.6 is 11.6 Å². The van der Waals surface area contributed by atoms with Crippen LogP contribution in [0.2, 0.25) is 5.02 Å². The van der Waals surface area contributed by atoms with Crippen LogP contribution in [0.25, 0.3) is 6.08 Å². The fourth-order valence-corrected chi connectivity index (χ4v) is 2.84. The van der Waals surface area contributed by atoms with Crippen LogP contribution in [-0.2, 0) is 14.3 Å². The van der Waals surface area contributed by atoms with Gasteiger partial charge in [0.15, 0.2) is 17.5 Å². The number of ether oxygens (including phenoxy) is 3. The predicted molar refractivity (Wildman–Crippen MR) is 85.4 cm³/mol. The van der Waals surface area contributed by atoms with Crippen molar-refractivity contribution in [3.8, 4) is 11.5 Å². The van der Waals surface area contributed by atoms with Crippen molar-refractivity contribution in [1.82, 2.24) is 4.90 Å². The minimum atomic E-state index is -1.08. The third-order valence-corrected chi connectivity index (χ3v) is 4.01. The van der Waals surface area contributed by atoms with Crippen molar-refractivity contribution in [1.29, 1.82) is 0 Å². The van der Waals surface area contributed by atoms with Crippen molar-refractivity contribution in [3.05, 3.63) is 28.8 Å². The number of aliphatic carboxylic acids is 1. The number of morpholine rings is 1. The van der Waals surface area contributed by atoms with Crippen LogP contribution in [-0.4, -0.2) is 60.9 Å². The van der Waals surface area contributed by atoms with Gasteiger partial charge in [0.25, 0.3) is 0 Å². The van der Waals surface area contributed by atoms with Crippen molar-refractivity contribution in [3.63, 3.8) is 0 Å². The van der Waals surface area contributed by atoms with E-state index in [4.69, 9.17) is 30.9 Å². The molecule has 24 heavy (non-hydrogen) atoms. The molecule has 1 saturated heterocycles. The summed E-state index contributed by atoms with van der Waals surface area (Å²) in [5, 5.41) is 9.56. The molecule has 0 saturated carbocycles. The van der Waals surface area contributed by atoms with E-state index in [2.05, 4.69) is 0 Å². The minimum absolute atomic E-state index is 0.00916. The summed E-state index contributed by atoms with van der Waals surface area (Å²) in [6, 6.07) is 2.41. The Morgan fingerprint density at radius 3 is 2.83 bits per heavy atom. The van der Waals surface area contributed by atoms with E-state index in [-0.39, 0.29) is 13.2 Å². The van der Waals surface area contributed by atoms with Gasteiger partial charge in [-0.15, -0.1) is 0 Å². The average molecular weight is 354 g/mol. The van der Waals surface area contributed by atoms with Crippen molar-refractivity contribution in [2.75, 3.05) is 33.0 Å². The number of nitrogens with zero attached hydrogens (tertiary/aromatic N) is 1. The fraction of sp³-hybridized carbons (Fsp3) is 0.375. The first-order chi connectivity index (χ1) is 11.6. The molecule has 7 nitrogen and oxygen atoms in total. The Kier molecular flexibility index (Phi) is 4.92. The predicted octanol–water partition coefficient (Wildman–Crippen LogP) is 1.44. The van der Waals surface area contributed by atoms with Gasteiger partial charge in [-0.2, -0.15) is 0 Å². The highest BCUT2D eigenvalue weighted by molar-refractivity contribution is 6.32. The van der Waals surface area contributed by atoms with Gasteiger partial charge in [-0.05, 0) is 23.8 Å². The number of fused-ring (bicyclic) bond motifs is 1. The molecule has 1 N–H and O–H groups in total. The summed E-state index contributed by atoms with van der Waals surface area (Å²) in [4.78, 5) is 24.8. The molecule has 2 aliphatic heterocycles. The maximum absolute atomic E-state index is 12.3. The number of rotatable bonds is 3. The maximum Gasteiger partial charge on any atom is 0.328 e. The van der Waals surface area contributed by atoms with Gasteiger partial charge in [0.1, 0.15) is 13.2 Å². The van der Waals surface area contributed by atoms with Crippen LogP contribution < -0.4 is 9.47 Å². The zero-order valence-electron chi connectivity index (χ0n) is 12.7. The van der Waals surface area contributed by atoms with E-state index in [9.17, 15) is 9.59 Å². The first kappa shape index (κ1) is 16.6. The summed E-state index contributed by atoms with van der Waals surface area (Å²) in [6.07, 6.45) is 2.89. The van der Waals surface area contributed by atoms with Gasteiger partial charge < -0.3 is 24.2 Å². The van der Waals surface area contributed by atoms with E-state index in [0.29, 0.717) is 41.9 Å². The third kappa shape index (κ3) is 3.47. The summed E-state index contributed by atoms with van der Waals surface area (Å²) in [6.45, 7) is 1.42. The molecule has 2 heterocycles. The van der Waals surface area contributed by atoms with Crippen LogP contribution in [0.3, 0.4) is 0 Å². The molecule has 0 radical (unpaired) electrons. The van der Waals surface area contributed by atoms with Crippen LogP contribution in [0.4, 0.5) is 0 Å². The fourth-order valence-electron chi connectivity index (χ4n) is 2.56. The summed E-state index contributed by atoms with van der Waals surface area (Å²) in [7, 11) is 0. The molecule has 1 fully saturated rings. The standard InChI is InChI=1S/C16H16ClNO6/c17-11-7-10(8-13-15(11)24-6-5-23-13)1-2-14(19)18-3-4-22-9-12(18)16(20)21/h1-2,7-8,12H,3-6,9H2,(H,20,21). The summed E-state index contributed by atoms with van der Waals surface area (Å²) in [5.41, 5.74) is 0.665. The molecule has 8 heteroatoms. The van der Waals surface area contributed by atoms with Gasteiger partial charge >= 0.3 is 5.97 Å². The van der Waals surface area contributed by atoms with Gasteiger partial charge in [-0.1, -0.05) is 11.6 Å². The Bertz CT molecular complexity index is 689. The molecule has 1 amide bonds. The second-order valence-corrected chi connectivity index (χ2v) is 5.73. The molecule has 1 unspecified atom stereocenters. The van der Waals surface area contributed by atoms with E-state index in [0.717, 1.165) is 0 Å². The topological polar surface area (TPSA) is 85.3 Å². The number of carboxylic acids is 1. The molecule has 1 aromatic rings. The first-order valence-corrected chi connectivity index (χ1v) is 7.82. The largest absolute Gasteiger partial charge is 0.486 e. The van der Waals surface area contributed by atoms with Crippen molar-refractivity contribution < 1.29 is 28.9 Å². The summed E-state index contributed by atoms with van der Waals surface area (Å²) < 4.78 is 16.0. The van der Waals surface area contributed by atoms with E-state index >= 15 is 0 Å². The SMILES string of the molecule is O=C(O)C1COCCN1C(=O)C=Cc1cc(Cl)c2c(c1)OCCO2. The Hall–Kier alpha value is -2.25. The van der Waals surface area contributed by atoms with Crippen LogP contribution in [0.1, 0.15) is 5.56 Å². The molecule has 128 valence electrons. The number of halogens is 1. The second-order valence-electron chi connectivity index (χ2n) is 5.32. The van der Waals surface area contributed by atoms with Gasteiger partial charge in [0.2, 0.25) is 5.91 Å². The summed E-state index contributed by atoms with van der Waals surface area (Å²) in [5.74, 6) is -0.461. The Morgan fingerprint density at radius 2 is 2.04 bits per heavy atom.